The number of rotatable bonds is 7. The summed E-state index contributed by atoms with van der Waals surface area (Å²) in [6.45, 7) is 9.84. The molecule has 0 fully saturated rings. The molecule has 23 heavy (non-hydrogen) atoms. The number of nitrogens with two attached hydrogens (primary N) is 1. The first-order chi connectivity index (χ1) is 10.3. The SMILES string of the molecule is CCOC(=O)c1sc(NC(=O)C(N)C(C)CC)nc1C(C)C.Cl. The highest BCUT2D eigenvalue weighted by atomic mass is 35.5. The van der Waals surface area contributed by atoms with Crippen molar-refractivity contribution < 1.29 is 14.3 Å². The van der Waals surface area contributed by atoms with Crippen molar-refractivity contribution in [2.45, 2.75) is 53.0 Å². The number of aromatic nitrogens is 1. The molecule has 0 spiro atoms. The molecule has 0 radical (unpaired) electrons. The Labute approximate surface area is 147 Å². The minimum atomic E-state index is -0.595. The van der Waals surface area contributed by atoms with Crippen LogP contribution in [0.3, 0.4) is 0 Å². The monoisotopic (exact) mass is 363 g/mol. The molecule has 8 heteroatoms. The first kappa shape index (κ1) is 21.8. The molecule has 132 valence electrons. The van der Waals surface area contributed by atoms with Crippen LogP contribution in [0, 0.1) is 5.92 Å². The van der Waals surface area contributed by atoms with Crippen molar-refractivity contribution in [1.82, 2.24) is 4.98 Å². The van der Waals surface area contributed by atoms with Gasteiger partial charge in [-0.3, -0.25) is 4.79 Å². The average Bonchev–Trinajstić information content (AvgIpc) is 2.90. The molecule has 2 atom stereocenters. The summed E-state index contributed by atoms with van der Waals surface area (Å²) in [6, 6.07) is -0.595. The largest absolute Gasteiger partial charge is 0.462 e. The lowest BCUT2D eigenvalue weighted by Gasteiger charge is -2.16. The van der Waals surface area contributed by atoms with Crippen molar-refractivity contribution >= 4 is 40.8 Å². The number of carbonyl (C=O) groups excluding carboxylic acids is 2. The van der Waals surface area contributed by atoms with E-state index >= 15 is 0 Å². The first-order valence-corrected chi connectivity index (χ1v) is 8.37. The van der Waals surface area contributed by atoms with Gasteiger partial charge in [-0.1, -0.05) is 45.5 Å². The molecule has 2 unspecified atom stereocenters. The summed E-state index contributed by atoms with van der Waals surface area (Å²) in [5.41, 5.74) is 6.54. The molecule has 0 aliphatic heterocycles. The predicted molar refractivity (Wildman–Crippen MR) is 95.5 cm³/mol. The quantitative estimate of drug-likeness (QED) is 0.725. The van der Waals surface area contributed by atoms with Crippen LogP contribution in [-0.2, 0) is 9.53 Å². The Morgan fingerprint density at radius 2 is 1.91 bits per heavy atom. The van der Waals surface area contributed by atoms with Gasteiger partial charge in [-0.05, 0) is 18.8 Å². The molecule has 0 bridgehead atoms. The Kier molecular flexibility index (Phi) is 9.34. The van der Waals surface area contributed by atoms with Gasteiger partial charge in [0.1, 0.15) is 4.88 Å². The normalized spacial score (nSPS) is 13.2. The van der Waals surface area contributed by atoms with Crippen molar-refractivity contribution in [3.8, 4) is 0 Å². The van der Waals surface area contributed by atoms with E-state index in [1.54, 1.807) is 6.92 Å². The van der Waals surface area contributed by atoms with Gasteiger partial charge >= 0.3 is 5.97 Å². The van der Waals surface area contributed by atoms with Crippen LogP contribution >= 0.6 is 23.7 Å². The van der Waals surface area contributed by atoms with Crippen LogP contribution in [-0.4, -0.2) is 29.5 Å². The summed E-state index contributed by atoms with van der Waals surface area (Å²) in [5, 5.41) is 3.09. The number of nitrogens with one attached hydrogen (secondary N) is 1. The summed E-state index contributed by atoms with van der Waals surface area (Å²) in [6.07, 6.45) is 0.817. The van der Waals surface area contributed by atoms with E-state index < -0.39 is 12.0 Å². The molecule has 0 aliphatic carbocycles. The van der Waals surface area contributed by atoms with Gasteiger partial charge in [-0.2, -0.15) is 0 Å². The zero-order valence-corrected chi connectivity index (χ0v) is 15.8. The lowest BCUT2D eigenvalue weighted by Crippen LogP contribution is -2.40. The fourth-order valence-corrected chi connectivity index (χ4v) is 2.84. The van der Waals surface area contributed by atoms with Crippen molar-refractivity contribution in [3.05, 3.63) is 10.6 Å². The molecular weight excluding hydrogens is 338 g/mol. The van der Waals surface area contributed by atoms with Crippen LogP contribution < -0.4 is 11.1 Å². The molecule has 1 aromatic heterocycles. The molecule has 3 N–H and O–H groups in total. The summed E-state index contributed by atoms with van der Waals surface area (Å²) in [7, 11) is 0. The van der Waals surface area contributed by atoms with E-state index in [1.165, 1.54) is 0 Å². The highest BCUT2D eigenvalue weighted by Crippen LogP contribution is 2.29. The number of ether oxygens (including phenoxy) is 1. The minimum absolute atomic E-state index is 0. The fourth-order valence-electron chi connectivity index (χ4n) is 1.82. The van der Waals surface area contributed by atoms with Gasteiger partial charge < -0.3 is 15.8 Å². The summed E-state index contributed by atoms with van der Waals surface area (Å²) in [5.74, 6) is -0.553. The number of nitrogens with zero attached hydrogens (tertiary/aromatic N) is 1. The molecule has 1 rings (SSSR count). The highest BCUT2D eigenvalue weighted by Gasteiger charge is 2.24. The maximum absolute atomic E-state index is 12.1. The van der Waals surface area contributed by atoms with Gasteiger partial charge in [0, 0.05) is 0 Å². The molecule has 1 aromatic rings. The number of thiazole rings is 1. The number of amides is 1. The van der Waals surface area contributed by atoms with E-state index in [-0.39, 0.29) is 30.2 Å². The number of hydrogen-bond donors (Lipinski definition) is 2. The zero-order chi connectivity index (χ0) is 16.9. The summed E-state index contributed by atoms with van der Waals surface area (Å²) >= 11 is 1.13. The van der Waals surface area contributed by atoms with Crippen molar-refractivity contribution in [1.29, 1.82) is 0 Å². The highest BCUT2D eigenvalue weighted by molar-refractivity contribution is 7.17. The van der Waals surface area contributed by atoms with Crippen LogP contribution in [0.5, 0.6) is 0 Å². The molecule has 1 amide bonds. The third kappa shape index (κ3) is 5.75. The van der Waals surface area contributed by atoms with Gasteiger partial charge in [0.15, 0.2) is 5.13 Å². The van der Waals surface area contributed by atoms with E-state index in [4.69, 9.17) is 10.5 Å². The fraction of sp³-hybridized carbons (Fsp3) is 0.667. The van der Waals surface area contributed by atoms with Crippen LogP contribution in [0.1, 0.15) is 62.3 Å². The van der Waals surface area contributed by atoms with Gasteiger partial charge in [0.05, 0.1) is 18.3 Å². The number of esters is 1. The Hall–Kier alpha value is -1.18. The topological polar surface area (TPSA) is 94.3 Å². The minimum Gasteiger partial charge on any atom is -0.462 e. The second-order valence-corrected chi connectivity index (χ2v) is 6.51. The summed E-state index contributed by atoms with van der Waals surface area (Å²) in [4.78, 5) is 28.9. The second kappa shape index (κ2) is 9.85. The molecule has 1 heterocycles. The van der Waals surface area contributed by atoms with Gasteiger partial charge in [-0.25, -0.2) is 9.78 Å². The summed E-state index contributed by atoms with van der Waals surface area (Å²) < 4.78 is 5.03. The lowest BCUT2D eigenvalue weighted by atomic mass is 10.00. The Morgan fingerprint density at radius 3 is 2.39 bits per heavy atom. The maximum atomic E-state index is 12.1. The standard InChI is InChI=1S/C15H25N3O3S.ClH/c1-6-9(5)10(16)13(19)18-15-17-11(8(3)4)12(22-15)14(20)21-7-2;/h8-10H,6-7,16H2,1-5H3,(H,17,18,19);1H. The number of halogens is 1. The van der Waals surface area contributed by atoms with Crippen LogP contribution in [0.4, 0.5) is 5.13 Å². The third-order valence-electron chi connectivity index (χ3n) is 3.45. The Bertz CT molecular complexity index is 534. The van der Waals surface area contributed by atoms with Crippen molar-refractivity contribution in [2.75, 3.05) is 11.9 Å². The van der Waals surface area contributed by atoms with Crippen molar-refractivity contribution in [3.63, 3.8) is 0 Å². The molecule has 0 aromatic carbocycles. The molecule has 0 saturated carbocycles. The van der Waals surface area contributed by atoms with Gasteiger partial charge in [-0.15, -0.1) is 12.4 Å². The lowest BCUT2D eigenvalue weighted by molar-refractivity contribution is -0.118. The van der Waals surface area contributed by atoms with E-state index in [0.29, 0.717) is 22.3 Å². The van der Waals surface area contributed by atoms with E-state index in [2.05, 4.69) is 10.3 Å². The number of anilines is 1. The predicted octanol–water partition coefficient (Wildman–Crippen LogP) is 3.18. The molecule has 6 nitrogen and oxygen atoms in total. The van der Waals surface area contributed by atoms with Gasteiger partial charge in [0.2, 0.25) is 5.91 Å². The average molecular weight is 364 g/mol. The van der Waals surface area contributed by atoms with E-state index in [9.17, 15) is 9.59 Å². The maximum Gasteiger partial charge on any atom is 0.350 e. The number of carbonyl (C=O) groups is 2. The smallest absolute Gasteiger partial charge is 0.350 e. The van der Waals surface area contributed by atoms with Gasteiger partial charge in [0.25, 0.3) is 0 Å². The number of hydrogen-bond acceptors (Lipinski definition) is 6. The Morgan fingerprint density at radius 1 is 1.30 bits per heavy atom. The molecular formula is C15H26ClN3O3S. The molecule has 0 aliphatic rings. The first-order valence-electron chi connectivity index (χ1n) is 7.56. The second-order valence-electron chi connectivity index (χ2n) is 5.51. The third-order valence-corrected chi connectivity index (χ3v) is 4.42. The van der Waals surface area contributed by atoms with Crippen LogP contribution in [0.2, 0.25) is 0 Å². The van der Waals surface area contributed by atoms with Crippen molar-refractivity contribution in [2.24, 2.45) is 11.7 Å². The van der Waals surface area contributed by atoms with E-state index in [0.717, 1.165) is 17.8 Å². The van der Waals surface area contributed by atoms with Crippen LogP contribution in [0.25, 0.3) is 0 Å². The van der Waals surface area contributed by atoms with Crippen LogP contribution in [0.15, 0.2) is 0 Å². The Balaban J connectivity index is 0.00000484. The zero-order valence-electron chi connectivity index (χ0n) is 14.2. The van der Waals surface area contributed by atoms with E-state index in [1.807, 2.05) is 27.7 Å². The molecule has 0 saturated heterocycles.